The highest BCUT2D eigenvalue weighted by molar-refractivity contribution is 5.78. The number of carbonyl (C=O) groups is 3. The van der Waals surface area contributed by atoms with E-state index >= 15 is 0 Å². The topological polar surface area (TPSA) is 103 Å². The number of esters is 1. The molecule has 0 aliphatic rings. The zero-order chi connectivity index (χ0) is 16.0. The molecule has 0 heterocycles. The van der Waals surface area contributed by atoms with Crippen LogP contribution in [0, 0.1) is 0 Å². The van der Waals surface area contributed by atoms with Crippen LogP contribution in [-0.2, 0) is 19.1 Å². The molecule has 0 aromatic heterocycles. The summed E-state index contributed by atoms with van der Waals surface area (Å²) in [6, 6.07) is 0. The highest BCUT2D eigenvalue weighted by atomic mass is 16.7. The second kappa shape index (κ2) is 6.97. The Bertz CT molecular complexity index is 333. The van der Waals surface area contributed by atoms with Crippen LogP contribution in [0.1, 0.15) is 41.5 Å². The van der Waals surface area contributed by atoms with Crippen LogP contribution in [0.25, 0.3) is 0 Å². The maximum atomic E-state index is 11.3. The summed E-state index contributed by atoms with van der Waals surface area (Å²) >= 11 is 0. The first-order valence-corrected chi connectivity index (χ1v) is 6.04. The minimum atomic E-state index is -0.998. The number of hydroxylamine groups is 1. The third-order valence-corrected chi connectivity index (χ3v) is 1.42. The van der Waals surface area contributed by atoms with E-state index in [9.17, 15) is 14.4 Å². The van der Waals surface area contributed by atoms with Gasteiger partial charge in [-0.25, -0.2) is 9.59 Å². The van der Waals surface area contributed by atoms with Gasteiger partial charge in [-0.05, 0) is 41.5 Å². The zero-order valence-electron chi connectivity index (χ0n) is 12.7. The molecular formula is C12H22N2O6. The standard InChI is InChI=1S/C12H22N2O6/c1-11(2,3)18-8(15)7-13-9(16)20-14-10(17)19-12(4,5)6/h7H2,1-6H3,(H,13,16)(H,14,17). The number of carbonyl (C=O) groups excluding carboxylic acids is 3. The minimum Gasteiger partial charge on any atom is -0.459 e. The fourth-order valence-corrected chi connectivity index (χ4v) is 0.945. The lowest BCUT2D eigenvalue weighted by molar-refractivity contribution is -0.153. The molecule has 0 aliphatic carbocycles. The van der Waals surface area contributed by atoms with Crippen LogP contribution in [-0.4, -0.2) is 35.9 Å². The van der Waals surface area contributed by atoms with Crippen molar-refractivity contribution < 1.29 is 28.7 Å². The molecule has 0 bridgehead atoms. The lowest BCUT2D eigenvalue weighted by Crippen LogP contribution is -2.39. The molecule has 0 atom stereocenters. The van der Waals surface area contributed by atoms with Gasteiger partial charge in [0.2, 0.25) is 0 Å². The Labute approximate surface area is 118 Å². The summed E-state index contributed by atoms with van der Waals surface area (Å²) in [6.07, 6.45) is -1.91. The number of rotatable bonds is 2. The van der Waals surface area contributed by atoms with Crippen molar-refractivity contribution in [2.75, 3.05) is 6.54 Å². The molecule has 0 saturated carbocycles. The molecule has 2 N–H and O–H groups in total. The number of ether oxygens (including phenoxy) is 2. The Morgan fingerprint density at radius 2 is 1.35 bits per heavy atom. The average molecular weight is 290 g/mol. The van der Waals surface area contributed by atoms with E-state index in [0.29, 0.717) is 0 Å². The first-order valence-electron chi connectivity index (χ1n) is 6.04. The van der Waals surface area contributed by atoms with Gasteiger partial charge in [-0.1, -0.05) is 0 Å². The Morgan fingerprint density at radius 3 is 1.80 bits per heavy atom. The fourth-order valence-electron chi connectivity index (χ4n) is 0.945. The summed E-state index contributed by atoms with van der Waals surface area (Å²) in [6.45, 7) is 9.72. The van der Waals surface area contributed by atoms with Crippen molar-refractivity contribution in [3.05, 3.63) is 0 Å². The number of hydrogen-bond acceptors (Lipinski definition) is 6. The minimum absolute atomic E-state index is 0.369. The number of nitrogens with one attached hydrogen (secondary N) is 2. The predicted octanol–water partition coefficient (Wildman–Crippen LogP) is 1.49. The fraction of sp³-hybridized carbons (Fsp3) is 0.750. The summed E-state index contributed by atoms with van der Waals surface area (Å²) in [4.78, 5) is 38.0. The van der Waals surface area contributed by atoms with Crippen molar-refractivity contribution in [1.29, 1.82) is 0 Å². The van der Waals surface area contributed by atoms with Crippen molar-refractivity contribution >= 4 is 18.2 Å². The van der Waals surface area contributed by atoms with Gasteiger partial charge in [0.25, 0.3) is 0 Å². The van der Waals surface area contributed by atoms with Gasteiger partial charge in [0.1, 0.15) is 17.7 Å². The van der Waals surface area contributed by atoms with Crippen LogP contribution in [0.2, 0.25) is 0 Å². The molecular weight excluding hydrogens is 268 g/mol. The highest BCUT2D eigenvalue weighted by Crippen LogP contribution is 2.07. The second-order valence-electron chi connectivity index (χ2n) is 5.93. The van der Waals surface area contributed by atoms with E-state index in [4.69, 9.17) is 9.47 Å². The van der Waals surface area contributed by atoms with Crippen LogP contribution >= 0.6 is 0 Å². The van der Waals surface area contributed by atoms with Crippen LogP contribution in [0.5, 0.6) is 0 Å². The molecule has 0 radical (unpaired) electrons. The zero-order valence-corrected chi connectivity index (χ0v) is 12.7. The quantitative estimate of drug-likeness (QED) is 0.454. The Hall–Kier alpha value is -1.99. The third kappa shape index (κ3) is 11.1. The number of hydrogen-bond donors (Lipinski definition) is 2. The third-order valence-electron chi connectivity index (χ3n) is 1.42. The van der Waals surface area contributed by atoms with Gasteiger partial charge in [-0.2, -0.15) is 0 Å². The van der Waals surface area contributed by atoms with Crippen molar-refractivity contribution in [1.82, 2.24) is 10.8 Å². The molecule has 8 nitrogen and oxygen atoms in total. The van der Waals surface area contributed by atoms with Crippen LogP contribution < -0.4 is 10.8 Å². The maximum Gasteiger partial charge on any atom is 0.441 e. The average Bonchev–Trinajstić information content (AvgIpc) is 2.18. The molecule has 8 heteroatoms. The van der Waals surface area contributed by atoms with E-state index in [1.165, 1.54) is 0 Å². The summed E-state index contributed by atoms with van der Waals surface area (Å²) in [7, 11) is 0. The van der Waals surface area contributed by atoms with Gasteiger partial charge in [-0.3, -0.25) is 4.79 Å². The van der Waals surface area contributed by atoms with Crippen molar-refractivity contribution in [2.45, 2.75) is 52.7 Å². The van der Waals surface area contributed by atoms with Gasteiger partial charge in [0, 0.05) is 0 Å². The number of amides is 2. The molecule has 0 saturated heterocycles. The Morgan fingerprint density at radius 1 is 0.850 bits per heavy atom. The SMILES string of the molecule is CC(C)(C)OC(=O)CNC(=O)ONC(=O)OC(C)(C)C. The monoisotopic (exact) mass is 290 g/mol. The summed E-state index contributed by atoms with van der Waals surface area (Å²) in [5.74, 6) is -0.619. The van der Waals surface area contributed by atoms with Gasteiger partial charge in [0.05, 0.1) is 0 Å². The van der Waals surface area contributed by atoms with Crippen LogP contribution in [0.3, 0.4) is 0 Å². The van der Waals surface area contributed by atoms with E-state index in [1.807, 2.05) is 0 Å². The molecule has 0 fully saturated rings. The molecule has 2 amide bonds. The summed E-state index contributed by atoms with van der Waals surface area (Å²) in [5, 5.41) is 2.12. The highest BCUT2D eigenvalue weighted by Gasteiger charge is 2.19. The predicted molar refractivity (Wildman–Crippen MR) is 69.7 cm³/mol. The lowest BCUT2D eigenvalue weighted by Gasteiger charge is -2.20. The first kappa shape index (κ1) is 18.0. The van der Waals surface area contributed by atoms with Gasteiger partial charge < -0.3 is 19.6 Å². The largest absolute Gasteiger partial charge is 0.459 e. The van der Waals surface area contributed by atoms with E-state index in [-0.39, 0.29) is 6.54 Å². The lowest BCUT2D eigenvalue weighted by atomic mass is 10.2. The van der Waals surface area contributed by atoms with Crippen molar-refractivity contribution in [3.63, 3.8) is 0 Å². The Kier molecular flexibility index (Phi) is 6.28. The molecule has 116 valence electrons. The van der Waals surface area contributed by atoms with Crippen molar-refractivity contribution in [3.8, 4) is 0 Å². The normalized spacial score (nSPS) is 11.3. The van der Waals surface area contributed by atoms with Gasteiger partial charge in [-0.15, -0.1) is 5.48 Å². The molecule has 0 unspecified atom stereocenters. The van der Waals surface area contributed by atoms with E-state index in [1.54, 1.807) is 47.0 Å². The first-order chi connectivity index (χ1) is 8.89. The smallest absolute Gasteiger partial charge is 0.441 e. The van der Waals surface area contributed by atoms with E-state index in [0.717, 1.165) is 0 Å². The summed E-state index contributed by atoms with van der Waals surface area (Å²) in [5.41, 5.74) is 0.436. The molecule has 0 spiro atoms. The van der Waals surface area contributed by atoms with Gasteiger partial charge in [0.15, 0.2) is 0 Å². The van der Waals surface area contributed by atoms with Crippen molar-refractivity contribution in [2.24, 2.45) is 0 Å². The van der Waals surface area contributed by atoms with Gasteiger partial charge >= 0.3 is 18.2 Å². The molecule has 20 heavy (non-hydrogen) atoms. The molecule has 0 aromatic carbocycles. The van der Waals surface area contributed by atoms with Crippen LogP contribution in [0.15, 0.2) is 0 Å². The van der Waals surface area contributed by atoms with E-state index < -0.39 is 29.4 Å². The van der Waals surface area contributed by atoms with E-state index in [2.05, 4.69) is 10.2 Å². The second-order valence-corrected chi connectivity index (χ2v) is 5.93. The molecule has 0 aliphatic heterocycles. The molecule has 0 aromatic rings. The Balaban J connectivity index is 3.91. The summed E-state index contributed by atoms with van der Waals surface area (Å²) < 4.78 is 9.79. The van der Waals surface area contributed by atoms with Crippen LogP contribution in [0.4, 0.5) is 9.59 Å². The maximum absolute atomic E-state index is 11.3. The molecule has 0 rings (SSSR count).